The van der Waals surface area contributed by atoms with E-state index in [1.165, 1.54) is 5.56 Å². The average Bonchev–Trinajstić information content (AvgIpc) is 3.16. The molecular weight excluding hydrogens is 328 g/mol. The molecular formula is C20H18N4O2. The van der Waals surface area contributed by atoms with Crippen LogP contribution < -0.4 is 9.47 Å². The van der Waals surface area contributed by atoms with Crippen LogP contribution in [0.5, 0.6) is 11.5 Å². The molecule has 0 atom stereocenters. The minimum atomic E-state index is 0.632. The number of benzene rings is 2. The van der Waals surface area contributed by atoms with Crippen molar-refractivity contribution in [1.82, 2.24) is 19.5 Å². The fourth-order valence-electron chi connectivity index (χ4n) is 2.95. The summed E-state index contributed by atoms with van der Waals surface area (Å²) in [5, 5.41) is 0.858. The summed E-state index contributed by atoms with van der Waals surface area (Å²) in [7, 11) is 3.22. The molecule has 0 aliphatic heterocycles. The van der Waals surface area contributed by atoms with Gasteiger partial charge in [0.05, 0.1) is 19.7 Å². The van der Waals surface area contributed by atoms with Gasteiger partial charge in [-0.15, -0.1) is 0 Å². The average molecular weight is 346 g/mol. The largest absolute Gasteiger partial charge is 0.493 e. The maximum absolute atomic E-state index is 5.44. The molecule has 0 unspecified atom stereocenters. The lowest BCUT2D eigenvalue weighted by atomic mass is 10.1. The quantitative estimate of drug-likeness (QED) is 0.562. The third-order valence-corrected chi connectivity index (χ3v) is 4.30. The molecule has 26 heavy (non-hydrogen) atoms. The highest BCUT2D eigenvalue weighted by atomic mass is 16.5. The van der Waals surface area contributed by atoms with Crippen molar-refractivity contribution in [2.45, 2.75) is 6.92 Å². The molecule has 0 aliphatic rings. The number of ether oxygens (including phenoxy) is 2. The van der Waals surface area contributed by atoms with Crippen LogP contribution >= 0.6 is 0 Å². The van der Waals surface area contributed by atoms with E-state index in [0.29, 0.717) is 11.5 Å². The zero-order valence-electron chi connectivity index (χ0n) is 14.8. The Bertz CT molecular complexity index is 1070. The van der Waals surface area contributed by atoms with Gasteiger partial charge in [0, 0.05) is 29.4 Å². The van der Waals surface area contributed by atoms with Crippen LogP contribution in [-0.4, -0.2) is 33.7 Å². The van der Waals surface area contributed by atoms with Crippen LogP contribution in [0.3, 0.4) is 0 Å². The van der Waals surface area contributed by atoms with Gasteiger partial charge >= 0.3 is 0 Å². The number of methoxy groups -OCH3 is 2. The third-order valence-electron chi connectivity index (χ3n) is 4.30. The van der Waals surface area contributed by atoms with Crippen molar-refractivity contribution in [3.05, 3.63) is 60.7 Å². The number of nitrogens with zero attached hydrogens (tertiary/aromatic N) is 4. The zero-order chi connectivity index (χ0) is 18.1. The summed E-state index contributed by atoms with van der Waals surface area (Å²) in [6.07, 6.45) is 5.21. The number of hydrogen-bond donors (Lipinski definition) is 0. The molecule has 0 bridgehead atoms. The first-order valence-electron chi connectivity index (χ1n) is 8.18. The fraction of sp³-hybridized carbons (Fsp3) is 0.150. The predicted octanol–water partition coefficient (Wildman–Crippen LogP) is 3.81. The SMILES string of the molecule is COc1cc2ncnc(-n3ccnc3-c3ccc(C)cc3)c2cc1OC. The highest BCUT2D eigenvalue weighted by Gasteiger charge is 2.15. The molecule has 6 heteroatoms. The van der Waals surface area contributed by atoms with Gasteiger partial charge in [-0.05, 0) is 13.0 Å². The van der Waals surface area contributed by atoms with E-state index in [1.807, 2.05) is 22.9 Å². The molecule has 0 saturated heterocycles. The Morgan fingerprint density at radius 3 is 2.35 bits per heavy atom. The molecule has 6 nitrogen and oxygen atoms in total. The first-order chi connectivity index (χ1) is 12.7. The van der Waals surface area contributed by atoms with Crippen molar-refractivity contribution >= 4 is 10.9 Å². The molecule has 130 valence electrons. The topological polar surface area (TPSA) is 62.1 Å². The maximum atomic E-state index is 5.44. The summed E-state index contributed by atoms with van der Waals surface area (Å²) in [6.45, 7) is 2.06. The first kappa shape index (κ1) is 16.1. The number of imidazole rings is 1. The summed E-state index contributed by atoms with van der Waals surface area (Å²) < 4.78 is 12.8. The van der Waals surface area contributed by atoms with Crippen molar-refractivity contribution in [2.75, 3.05) is 14.2 Å². The Kier molecular flexibility index (Phi) is 4.01. The molecule has 4 rings (SSSR count). The van der Waals surface area contributed by atoms with Crippen molar-refractivity contribution < 1.29 is 9.47 Å². The Balaban J connectivity index is 1.93. The summed E-state index contributed by atoms with van der Waals surface area (Å²) in [5.41, 5.74) is 3.00. The number of fused-ring (bicyclic) bond motifs is 1. The van der Waals surface area contributed by atoms with Crippen LogP contribution in [0.15, 0.2) is 55.1 Å². The van der Waals surface area contributed by atoms with E-state index in [-0.39, 0.29) is 0 Å². The summed E-state index contributed by atoms with van der Waals surface area (Å²) in [5.74, 6) is 2.82. The predicted molar refractivity (Wildman–Crippen MR) is 99.9 cm³/mol. The van der Waals surface area contributed by atoms with Gasteiger partial charge in [-0.2, -0.15) is 0 Å². The molecule has 2 aromatic heterocycles. The molecule has 0 amide bonds. The molecule has 4 aromatic rings. The van der Waals surface area contributed by atoms with E-state index >= 15 is 0 Å². The lowest BCUT2D eigenvalue weighted by Gasteiger charge is -2.13. The van der Waals surface area contributed by atoms with Crippen LogP contribution in [0.4, 0.5) is 0 Å². The Morgan fingerprint density at radius 1 is 0.885 bits per heavy atom. The highest BCUT2D eigenvalue weighted by molar-refractivity contribution is 5.89. The van der Waals surface area contributed by atoms with Gasteiger partial charge < -0.3 is 9.47 Å². The lowest BCUT2D eigenvalue weighted by Crippen LogP contribution is -2.02. The fourth-order valence-corrected chi connectivity index (χ4v) is 2.95. The first-order valence-corrected chi connectivity index (χ1v) is 8.18. The smallest absolute Gasteiger partial charge is 0.162 e. The highest BCUT2D eigenvalue weighted by Crippen LogP contribution is 2.34. The molecule has 2 heterocycles. The van der Waals surface area contributed by atoms with Gasteiger partial charge in [0.15, 0.2) is 11.5 Å². The van der Waals surface area contributed by atoms with Crippen molar-refractivity contribution in [3.8, 4) is 28.7 Å². The van der Waals surface area contributed by atoms with Crippen molar-refractivity contribution in [1.29, 1.82) is 0 Å². The van der Waals surface area contributed by atoms with Crippen LogP contribution in [0.25, 0.3) is 28.1 Å². The third kappa shape index (κ3) is 2.65. The van der Waals surface area contributed by atoms with E-state index in [0.717, 1.165) is 28.1 Å². The van der Waals surface area contributed by atoms with Gasteiger partial charge in [0.25, 0.3) is 0 Å². The van der Waals surface area contributed by atoms with E-state index < -0.39 is 0 Å². The minimum Gasteiger partial charge on any atom is -0.493 e. The Labute approximate surface area is 151 Å². The van der Waals surface area contributed by atoms with Gasteiger partial charge in [-0.1, -0.05) is 29.8 Å². The number of hydrogen-bond acceptors (Lipinski definition) is 5. The van der Waals surface area contributed by atoms with Crippen molar-refractivity contribution in [2.24, 2.45) is 0 Å². The van der Waals surface area contributed by atoms with Crippen LogP contribution in [-0.2, 0) is 0 Å². The van der Waals surface area contributed by atoms with E-state index in [1.54, 1.807) is 26.7 Å². The maximum Gasteiger partial charge on any atom is 0.162 e. The minimum absolute atomic E-state index is 0.632. The molecule has 0 N–H and O–H groups in total. The molecule has 2 aromatic carbocycles. The molecule has 0 aliphatic carbocycles. The van der Waals surface area contributed by atoms with Crippen LogP contribution in [0, 0.1) is 6.92 Å². The second-order valence-electron chi connectivity index (χ2n) is 5.91. The van der Waals surface area contributed by atoms with Crippen LogP contribution in [0.1, 0.15) is 5.56 Å². The molecule has 0 radical (unpaired) electrons. The normalized spacial score (nSPS) is 10.9. The van der Waals surface area contributed by atoms with Gasteiger partial charge in [0.2, 0.25) is 0 Å². The second-order valence-corrected chi connectivity index (χ2v) is 5.91. The van der Waals surface area contributed by atoms with Gasteiger partial charge in [-0.3, -0.25) is 4.57 Å². The van der Waals surface area contributed by atoms with E-state index in [9.17, 15) is 0 Å². The number of aromatic nitrogens is 4. The van der Waals surface area contributed by atoms with Gasteiger partial charge in [-0.25, -0.2) is 15.0 Å². The summed E-state index contributed by atoms with van der Waals surface area (Å²) in [4.78, 5) is 13.4. The van der Waals surface area contributed by atoms with Crippen LogP contribution in [0.2, 0.25) is 0 Å². The standard InChI is InChI=1S/C20H18N4O2/c1-13-4-6-14(7-5-13)19-21-8-9-24(19)20-15-10-17(25-2)18(26-3)11-16(15)22-12-23-20/h4-12H,1-3H3. The Morgan fingerprint density at radius 2 is 1.62 bits per heavy atom. The lowest BCUT2D eigenvalue weighted by molar-refractivity contribution is 0.355. The summed E-state index contributed by atoms with van der Waals surface area (Å²) in [6, 6.07) is 12.0. The van der Waals surface area contributed by atoms with Crippen molar-refractivity contribution in [3.63, 3.8) is 0 Å². The Hall–Kier alpha value is -3.41. The molecule has 0 spiro atoms. The monoisotopic (exact) mass is 346 g/mol. The molecule has 0 fully saturated rings. The van der Waals surface area contributed by atoms with E-state index in [2.05, 4.69) is 46.1 Å². The molecule has 0 saturated carbocycles. The second kappa shape index (κ2) is 6.48. The van der Waals surface area contributed by atoms with E-state index in [4.69, 9.17) is 9.47 Å². The summed E-state index contributed by atoms with van der Waals surface area (Å²) >= 11 is 0. The number of rotatable bonds is 4. The zero-order valence-corrected chi connectivity index (χ0v) is 14.8. The van der Waals surface area contributed by atoms with Gasteiger partial charge in [0.1, 0.15) is 18.0 Å². The number of aryl methyl sites for hydroxylation is 1.